The predicted molar refractivity (Wildman–Crippen MR) is 52.7 cm³/mol. The van der Waals surface area contributed by atoms with Crippen LogP contribution in [0.2, 0.25) is 0 Å². The first-order valence-corrected chi connectivity index (χ1v) is 5.11. The first-order chi connectivity index (χ1) is 7.03. The lowest BCUT2D eigenvalue weighted by Crippen LogP contribution is -2.42. The Kier molecular flexibility index (Phi) is 4.41. The van der Waals surface area contributed by atoms with Crippen LogP contribution in [0.4, 0.5) is 8.78 Å². The van der Waals surface area contributed by atoms with Crippen LogP contribution in [0.5, 0.6) is 0 Å². The maximum atomic E-state index is 12.7. The monoisotopic (exact) mass is 221 g/mol. The zero-order valence-corrected chi connectivity index (χ0v) is 8.56. The van der Waals surface area contributed by atoms with Gasteiger partial charge in [0.05, 0.1) is 13.1 Å². The van der Waals surface area contributed by atoms with Crippen LogP contribution in [0.3, 0.4) is 0 Å². The zero-order chi connectivity index (χ0) is 11.3. The number of carbonyl (C=O) groups excluding carboxylic acids is 1. The summed E-state index contributed by atoms with van der Waals surface area (Å²) in [7, 11) is 0. The van der Waals surface area contributed by atoms with E-state index in [-0.39, 0.29) is 18.4 Å². The van der Waals surface area contributed by atoms with E-state index in [2.05, 4.69) is 10.6 Å². The van der Waals surface area contributed by atoms with E-state index in [0.717, 1.165) is 19.4 Å². The summed E-state index contributed by atoms with van der Waals surface area (Å²) in [4.78, 5) is 11.2. The van der Waals surface area contributed by atoms with Crippen molar-refractivity contribution in [2.24, 2.45) is 5.73 Å². The molecule has 1 rings (SSSR count). The molecule has 0 radical (unpaired) electrons. The van der Waals surface area contributed by atoms with Crippen molar-refractivity contribution in [2.45, 2.75) is 31.2 Å². The highest BCUT2D eigenvalue weighted by Crippen LogP contribution is 2.10. The maximum absolute atomic E-state index is 12.7. The van der Waals surface area contributed by atoms with Gasteiger partial charge in [-0.25, -0.2) is 8.78 Å². The molecule has 1 aliphatic rings. The smallest absolute Gasteiger partial charge is 0.277 e. The average molecular weight is 221 g/mol. The Balaban J connectivity index is 2.18. The minimum absolute atomic E-state index is 0.136. The summed E-state index contributed by atoms with van der Waals surface area (Å²) >= 11 is 0. The van der Waals surface area contributed by atoms with Crippen LogP contribution in [-0.4, -0.2) is 37.5 Å². The fourth-order valence-corrected chi connectivity index (χ4v) is 1.53. The van der Waals surface area contributed by atoms with Crippen LogP contribution in [0.25, 0.3) is 0 Å². The lowest BCUT2D eigenvalue weighted by Gasteiger charge is -2.15. The van der Waals surface area contributed by atoms with Crippen molar-refractivity contribution >= 4 is 5.91 Å². The van der Waals surface area contributed by atoms with Gasteiger partial charge in [-0.1, -0.05) is 0 Å². The van der Waals surface area contributed by atoms with E-state index in [1.54, 1.807) is 0 Å². The van der Waals surface area contributed by atoms with Crippen molar-refractivity contribution < 1.29 is 13.6 Å². The molecule has 4 nitrogen and oxygen atoms in total. The number of nitrogens with two attached hydrogens (primary N) is 1. The van der Waals surface area contributed by atoms with E-state index < -0.39 is 19.0 Å². The molecule has 0 aromatic heterocycles. The van der Waals surface area contributed by atoms with Crippen LogP contribution in [0.1, 0.15) is 19.3 Å². The number of nitrogens with one attached hydrogen (secondary N) is 2. The number of carbonyl (C=O) groups is 1. The van der Waals surface area contributed by atoms with Gasteiger partial charge in [0.15, 0.2) is 0 Å². The molecule has 4 N–H and O–H groups in total. The van der Waals surface area contributed by atoms with Crippen LogP contribution in [0.15, 0.2) is 0 Å². The van der Waals surface area contributed by atoms with Crippen molar-refractivity contribution in [1.82, 2.24) is 10.6 Å². The molecule has 1 fully saturated rings. The topological polar surface area (TPSA) is 67.1 Å². The molecule has 0 aliphatic carbocycles. The Hall–Kier alpha value is -0.750. The van der Waals surface area contributed by atoms with Crippen LogP contribution < -0.4 is 16.4 Å². The molecular formula is C9H17F2N3O. The molecule has 1 aliphatic heterocycles. The first-order valence-electron chi connectivity index (χ1n) is 5.11. The number of amides is 1. The van der Waals surface area contributed by atoms with Crippen molar-refractivity contribution in [2.75, 3.05) is 19.6 Å². The Labute approximate surface area is 87.6 Å². The van der Waals surface area contributed by atoms with Gasteiger partial charge < -0.3 is 16.4 Å². The maximum Gasteiger partial charge on any atom is 0.277 e. The van der Waals surface area contributed by atoms with E-state index in [1.807, 2.05) is 0 Å². The first kappa shape index (κ1) is 12.3. The molecule has 88 valence electrons. The summed E-state index contributed by atoms with van der Waals surface area (Å²) < 4.78 is 25.3. The molecule has 0 bridgehead atoms. The third-order valence-corrected chi connectivity index (χ3v) is 2.44. The number of halogens is 2. The second-order valence-corrected chi connectivity index (χ2v) is 3.83. The highest BCUT2D eigenvalue weighted by molar-refractivity contribution is 5.76. The highest BCUT2D eigenvalue weighted by atomic mass is 19.3. The molecule has 1 amide bonds. The zero-order valence-electron chi connectivity index (χ0n) is 8.56. The van der Waals surface area contributed by atoms with Gasteiger partial charge in [-0.05, 0) is 19.4 Å². The van der Waals surface area contributed by atoms with Crippen molar-refractivity contribution in [1.29, 1.82) is 0 Å². The molecule has 1 heterocycles. The molecule has 1 saturated heterocycles. The van der Waals surface area contributed by atoms with Gasteiger partial charge in [-0.2, -0.15) is 0 Å². The summed E-state index contributed by atoms with van der Waals surface area (Å²) in [6.07, 6.45) is 2.23. The molecule has 0 aromatic carbocycles. The quantitative estimate of drug-likeness (QED) is 0.604. The molecule has 6 heteroatoms. The number of rotatable bonds is 5. The van der Waals surface area contributed by atoms with E-state index in [1.165, 1.54) is 0 Å². The largest absolute Gasteiger partial charge is 0.350 e. The second-order valence-electron chi connectivity index (χ2n) is 3.83. The Morgan fingerprint density at radius 3 is 2.87 bits per heavy atom. The number of hydrogen-bond acceptors (Lipinski definition) is 3. The van der Waals surface area contributed by atoms with Gasteiger partial charge in [0.25, 0.3) is 5.92 Å². The van der Waals surface area contributed by atoms with E-state index in [0.29, 0.717) is 0 Å². The number of alkyl halides is 2. The average Bonchev–Trinajstić information content (AvgIpc) is 2.68. The van der Waals surface area contributed by atoms with Gasteiger partial charge in [0.2, 0.25) is 5.91 Å². The Morgan fingerprint density at radius 1 is 1.60 bits per heavy atom. The van der Waals surface area contributed by atoms with Gasteiger partial charge in [-0.3, -0.25) is 4.79 Å². The van der Waals surface area contributed by atoms with E-state index in [9.17, 15) is 13.6 Å². The Morgan fingerprint density at radius 2 is 2.33 bits per heavy atom. The minimum atomic E-state index is -3.00. The lowest BCUT2D eigenvalue weighted by molar-refractivity contribution is -0.123. The number of hydrogen-bond donors (Lipinski definition) is 3. The van der Waals surface area contributed by atoms with Crippen LogP contribution >= 0.6 is 0 Å². The van der Waals surface area contributed by atoms with Gasteiger partial charge in [-0.15, -0.1) is 0 Å². The van der Waals surface area contributed by atoms with Gasteiger partial charge in [0.1, 0.15) is 0 Å². The third kappa shape index (κ3) is 4.53. The second kappa shape index (κ2) is 5.37. The summed E-state index contributed by atoms with van der Waals surface area (Å²) in [5.41, 5.74) is 4.84. The SMILES string of the molecule is NCC(F)(F)CNC(=O)CC1CCCN1. The molecule has 0 saturated carbocycles. The summed E-state index contributed by atoms with van der Waals surface area (Å²) in [5.74, 6) is -3.35. The Bertz CT molecular complexity index is 217. The van der Waals surface area contributed by atoms with E-state index >= 15 is 0 Å². The fourth-order valence-electron chi connectivity index (χ4n) is 1.53. The van der Waals surface area contributed by atoms with Crippen molar-refractivity contribution in [3.05, 3.63) is 0 Å². The molecular weight excluding hydrogens is 204 g/mol. The standard InChI is InChI=1S/C9H17F2N3O/c10-9(11,5-12)6-14-8(15)4-7-2-1-3-13-7/h7,13H,1-6,12H2,(H,14,15). The third-order valence-electron chi connectivity index (χ3n) is 2.44. The van der Waals surface area contributed by atoms with Crippen molar-refractivity contribution in [3.63, 3.8) is 0 Å². The van der Waals surface area contributed by atoms with Gasteiger partial charge >= 0.3 is 0 Å². The summed E-state index contributed by atoms with van der Waals surface area (Å²) in [5, 5.41) is 5.32. The molecule has 0 aromatic rings. The summed E-state index contributed by atoms with van der Waals surface area (Å²) in [6, 6.07) is 0.136. The highest BCUT2D eigenvalue weighted by Gasteiger charge is 2.27. The van der Waals surface area contributed by atoms with Gasteiger partial charge in [0, 0.05) is 12.5 Å². The normalized spacial score (nSPS) is 21.7. The van der Waals surface area contributed by atoms with Crippen LogP contribution in [-0.2, 0) is 4.79 Å². The summed E-state index contributed by atoms with van der Waals surface area (Å²) in [6.45, 7) is -0.513. The lowest BCUT2D eigenvalue weighted by atomic mass is 10.1. The van der Waals surface area contributed by atoms with E-state index in [4.69, 9.17) is 5.73 Å². The molecule has 0 spiro atoms. The fraction of sp³-hybridized carbons (Fsp3) is 0.889. The molecule has 1 atom stereocenters. The molecule has 1 unspecified atom stereocenters. The minimum Gasteiger partial charge on any atom is -0.350 e. The molecule has 15 heavy (non-hydrogen) atoms. The van der Waals surface area contributed by atoms with Crippen molar-refractivity contribution in [3.8, 4) is 0 Å². The van der Waals surface area contributed by atoms with Crippen LogP contribution in [0, 0.1) is 0 Å². The predicted octanol–water partition coefficient (Wildman–Crippen LogP) is -0.161.